The van der Waals surface area contributed by atoms with Crippen molar-refractivity contribution >= 4 is 11.7 Å². The first kappa shape index (κ1) is 15.7. The molecule has 1 fully saturated rings. The van der Waals surface area contributed by atoms with E-state index in [-0.39, 0.29) is 23.9 Å². The van der Waals surface area contributed by atoms with Crippen molar-refractivity contribution in [2.24, 2.45) is 5.73 Å². The van der Waals surface area contributed by atoms with Crippen molar-refractivity contribution in [1.29, 1.82) is 0 Å². The summed E-state index contributed by atoms with van der Waals surface area (Å²) in [4.78, 5) is 11.3. The molecule has 21 heavy (non-hydrogen) atoms. The SMILES string of the molecule is CCOC1CC(N)C1Nc1ccc(C(=O)OC)c(F)c1F. The Morgan fingerprint density at radius 2 is 2.14 bits per heavy atom. The zero-order valence-corrected chi connectivity index (χ0v) is 11.9. The maximum Gasteiger partial charge on any atom is 0.340 e. The maximum atomic E-state index is 14.0. The molecular weight excluding hydrogens is 282 g/mol. The van der Waals surface area contributed by atoms with E-state index in [2.05, 4.69) is 10.1 Å². The molecule has 0 bridgehead atoms. The largest absolute Gasteiger partial charge is 0.465 e. The molecule has 0 amide bonds. The van der Waals surface area contributed by atoms with Crippen LogP contribution in [0.4, 0.5) is 14.5 Å². The van der Waals surface area contributed by atoms with Crippen molar-refractivity contribution < 1.29 is 23.0 Å². The first-order valence-corrected chi connectivity index (χ1v) is 6.69. The van der Waals surface area contributed by atoms with Crippen molar-refractivity contribution in [1.82, 2.24) is 0 Å². The molecule has 3 atom stereocenters. The first-order valence-electron chi connectivity index (χ1n) is 6.69. The molecule has 5 nitrogen and oxygen atoms in total. The number of ether oxygens (including phenoxy) is 2. The Labute approximate surface area is 121 Å². The maximum absolute atomic E-state index is 14.0. The smallest absolute Gasteiger partial charge is 0.340 e. The highest BCUT2D eigenvalue weighted by molar-refractivity contribution is 5.90. The molecule has 1 aliphatic carbocycles. The van der Waals surface area contributed by atoms with E-state index in [1.54, 1.807) is 0 Å². The van der Waals surface area contributed by atoms with Gasteiger partial charge in [0.15, 0.2) is 11.6 Å². The average molecular weight is 300 g/mol. The lowest BCUT2D eigenvalue weighted by Gasteiger charge is -2.43. The van der Waals surface area contributed by atoms with E-state index in [1.807, 2.05) is 6.92 Å². The summed E-state index contributed by atoms with van der Waals surface area (Å²) in [6, 6.07) is 1.98. The summed E-state index contributed by atoms with van der Waals surface area (Å²) < 4.78 is 37.7. The van der Waals surface area contributed by atoms with Gasteiger partial charge in [0.2, 0.25) is 0 Å². The number of anilines is 1. The highest BCUT2D eigenvalue weighted by Gasteiger charge is 2.40. The summed E-state index contributed by atoms with van der Waals surface area (Å²) in [6.07, 6.45) is 0.531. The molecule has 0 aromatic heterocycles. The van der Waals surface area contributed by atoms with E-state index in [4.69, 9.17) is 10.5 Å². The zero-order valence-electron chi connectivity index (χ0n) is 11.9. The van der Waals surface area contributed by atoms with Gasteiger partial charge < -0.3 is 20.5 Å². The van der Waals surface area contributed by atoms with Crippen LogP contribution in [0.5, 0.6) is 0 Å². The second-order valence-corrected chi connectivity index (χ2v) is 4.84. The minimum atomic E-state index is -1.24. The first-order chi connectivity index (χ1) is 9.99. The van der Waals surface area contributed by atoms with Gasteiger partial charge in [0.1, 0.15) is 0 Å². The number of esters is 1. The van der Waals surface area contributed by atoms with Gasteiger partial charge in [-0.15, -0.1) is 0 Å². The van der Waals surface area contributed by atoms with Crippen LogP contribution >= 0.6 is 0 Å². The van der Waals surface area contributed by atoms with Crippen LogP contribution in [-0.2, 0) is 9.47 Å². The van der Waals surface area contributed by atoms with Crippen LogP contribution in [0, 0.1) is 11.6 Å². The molecule has 7 heteroatoms. The van der Waals surface area contributed by atoms with Crippen molar-refractivity contribution in [2.75, 3.05) is 19.0 Å². The Kier molecular flexibility index (Phi) is 4.74. The summed E-state index contributed by atoms with van der Waals surface area (Å²) in [5, 5.41) is 2.84. The predicted molar refractivity (Wildman–Crippen MR) is 73.1 cm³/mol. The lowest BCUT2D eigenvalue weighted by Crippen LogP contribution is -2.60. The van der Waals surface area contributed by atoms with Gasteiger partial charge in [0, 0.05) is 12.6 Å². The van der Waals surface area contributed by atoms with Crippen molar-refractivity contribution in [3.63, 3.8) is 0 Å². The number of methoxy groups -OCH3 is 1. The molecule has 0 heterocycles. The van der Waals surface area contributed by atoms with Gasteiger partial charge >= 0.3 is 5.97 Å². The van der Waals surface area contributed by atoms with Crippen molar-refractivity contribution in [3.8, 4) is 0 Å². The van der Waals surface area contributed by atoms with E-state index in [0.29, 0.717) is 13.0 Å². The molecule has 0 saturated heterocycles. The summed E-state index contributed by atoms with van der Waals surface area (Å²) in [6.45, 7) is 2.37. The Bertz CT molecular complexity index is 537. The Morgan fingerprint density at radius 1 is 1.43 bits per heavy atom. The standard InChI is InChI=1S/C14H18F2N2O3/c1-3-21-10-6-8(17)13(10)18-9-5-4-7(14(19)20-2)11(15)12(9)16/h4-5,8,10,13,18H,3,6,17H2,1-2H3. The molecule has 3 unspecified atom stereocenters. The quantitative estimate of drug-likeness (QED) is 0.809. The summed E-state index contributed by atoms with van der Waals surface area (Å²) >= 11 is 0. The third-order valence-electron chi connectivity index (χ3n) is 3.56. The Balaban J connectivity index is 2.18. The molecule has 1 aliphatic rings. The topological polar surface area (TPSA) is 73.6 Å². The number of benzene rings is 1. The van der Waals surface area contributed by atoms with Gasteiger partial charge in [-0.3, -0.25) is 0 Å². The molecule has 1 aromatic rings. The predicted octanol–water partition coefficient (Wildman–Crippen LogP) is 1.67. The average Bonchev–Trinajstić information content (AvgIpc) is 2.47. The molecular formula is C14H18F2N2O3. The number of carbonyl (C=O) groups excluding carboxylic acids is 1. The number of rotatable bonds is 5. The van der Waals surface area contributed by atoms with Gasteiger partial charge in [0.05, 0.1) is 30.5 Å². The molecule has 0 aliphatic heterocycles. The highest BCUT2D eigenvalue weighted by Crippen LogP contribution is 2.29. The Morgan fingerprint density at radius 3 is 2.71 bits per heavy atom. The third-order valence-corrected chi connectivity index (χ3v) is 3.56. The van der Waals surface area contributed by atoms with Gasteiger partial charge in [0.25, 0.3) is 0 Å². The molecule has 116 valence electrons. The Hall–Kier alpha value is -1.73. The fraction of sp³-hybridized carbons (Fsp3) is 0.500. The van der Waals surface area contributed by atoms with Crippen LogP contribution in [0.3, 0.4) is 0 Å². The summed E-state index contributed by atoms with van der Waals surface area (Å²) in [5.41, 5.74) is 5.35. The van der Waals surface area contributed by atoms with Gasteiger partial charge in [-0.2, -0.15) is 0 Å². The molecule has 0 spiro atoms. The lowest BCUT2D eigenvalue weighted by atomic mass is 9.83. The molecule has 3 N–H and O–H groups in total. The van der Waals surface area contributed by atoms with Gasteiger partial charge in [-0.25, -0.2) is 13.6 Å². The summed E-state index contributed by atoms with van der Waals surface area (Å²) in [5.74, 6) is -3.30. The molecule has 1 saturated carbocycles. The third kappa shape index (κ3) is 2.98. The van der Waals surface area contributed by atoms with Crippen molar-refractivity contribution in [3.05, 3.63) is 29.3 Å². The van der Waals surface area contributed by atoms with Crippen LogP contribution in [0.2, 0.25) is 0 Å². The van der Waals surface area contributed by atoms with Crippen LogP contribution in [-0.4, -0.2) is 37.9 Å². The number of carbonyl (C=O) groups is 1. The lowest BCUT2D eigenvalue weighted by molar-refractivity contribution is -0.0127. The number of hydrogen-bond acceptors (Lipinski definition) is 5. The van der Waals surface area contributed by atoms with Crippen LogP contribution < -0.4 is 11.1 Å². The van der Waals surface area contributed by atoms with E-state index in [1.165, 1.54) is 12.1 Å². The van der Waals surface area contributed by atoms with Crippen molar-refractivity contribution in [2.45, 2.75) is 31.5 Å². The van der Waals surface area contributed by atoms with Gasteiger partial charge in [-0.1, -0.05) is 0 Å². The monoisotopic (exact) mass is 300 g/mol. The van der Waals surface area contributed by atoms with E-state index < -0.39 is 23.2 Å². The van der Waals surface area contributed by atoms with E-state index >= 15 is 0 Å². The minimum absolute atomic E-state index is 0.0509. The fourth-order valence-corrected chi connectivity index (χ4v) is 2.34. The van der Waals surface area contributed by atoms with E-state index in [9.17, 15) is 13.6 Å². The molecule has 2 rings (SSSR count). The van der Waals surface area contributed by atoms with Gasteiger partial charge in [-0.05, 0) is 25.5 Å². The normalized spacial score (nSPS) is 24.3. The number of nitrogens with one attached hydrogen (secondary N) is 1. The van der Waals surface area contributed by atoms with Crippen LogP contribution in [0.25, 0.3) is 0 Å². The fourth-order valence-electron chi connectivity index (χ4n) is 2.34. The molecule has 0 radical (unpaired) electrons. The zero-order chi connectivity index (χ0) is 15.6. The highest BCUT2D eigenvalue weighted by atomic mass is 19.2. The van der Waals surface area contributed by atoms with Crippen LogP contribution in [0.1, 0.15) is 23.7 Å². The number of hydrogen-bond donors (Lipinski definition) is 2. The second-order valence-electron chi connectivity index (χ2n) is 4.84. The number of halogens is 2. The van der Waals surface area contributed by atoms with E-state index in [0.717, 1.165) is 7.11 Å². The minimum Gasteiger partial charge on any atom is -0.465 e. The second kappa shape index (κ2) is 6.36. The summed E-state index contributed by atoms with van der Waals surface area (Å²) in [7, 11) is 1.10. The van der Waals surface area contributed by atoms with Crippen LogP contribution in [0.15, 0.2) is 12.1 Å². The molecule has 1 aromatic carbocycles. The number of nitrogens with two attached hydrogens (primary N) is 1.